The Balaban J connectivity index is 1.03. The summed E-state index contributed by atoms with van der Waals surface area (Å²) in [6.45, 7) is 3.67. The molecule has 8 heteroatoms. The zero-order valence-corrected chi connectivity index (χ0v) is 20.1. The number of amides is 2. The molecule has 2 aliphatic rings. The molecule has 0 spiro atoms. The van der Waals surface area contributed by atoms with E-state index in [1.807, 2.05) is 25.1 Å². The molecule has 34 heavy (non-hydrogen) atoms. The van der Waals surface area contributed by atoms with Gasteiger partial charge in [-0.15, -0.1) is 0 Å². The maximum Gasteiger partial charge on any atom is 0.305 e. The minimum Gasteiger partial charge on any atom is -0.349 e. The van der Waals surface area contributed by atoms with Gasteiger partial charge in [-0.3, -0.25) is 19.3 Å². The van der Waals surface area contributed by atoms with Crippen LogP contribution < -0.4 is 15.5 Å². The lowest BCUT2D eigenvalue weighted by molar-refractivity contribution is -0.122. The van der Waals surface area contributed by atoms with E-state index in [9.17, 15) is 14.4 Å². The van der Waals surface area contributed by atoms with Crippen molar-refractivity contribution in [1.29, 1.82) is 0 Å². The molecule has 178 valence electrons. The van der Waals surface area contributed by atoms with Crippen LogP contribution in [0.15, 0.2) is 47.3 Å². The van der Waals surface area contributed by atoms with Crippen LogP contribution in [0.2, 0.25) is 0 Å². The summed E-state index contributed by atoms with van der Waals surface area (Å²) in [6, 6.07) is 14.4. The fourth-order valence-corrected chi connectivity index (χ4v) is 5.94. The number of hydrogen-bond acceptors (Lipinski definition) is 5. The molecule has 0 unspecified atom stereocenters. The number of aryl methyl sites for hydroxylation is 1. The lowest BCUT2D eigenvalue weighted by Crippen LogP contribution is -2.63. The van der Waals surface area contributed by atoms with Crippen molar-refractivity contribution in [2.24, 2.45) is 0 Å². The number of nitrogens with one attached hydrogen (secondary N) is 3. The number of nitrogens with zero attached hydrogens (tertiary/aromatic N) is 1. The van der Waals surface area contributed by atoms with Gasteiger partial charge in [-0.2, -0.15) is 0 Å². The average molecular weight is 479 g/mol. The van der Waals surface area contributed by atoms with Crippen LogP contribution >= 0.6 is 11.3 Å². The molecule has 1 saturated carbocycles. The summed E-state index contributed by atoms with van der Waals surface area (Å²) >= 11 is 1.26. The van der Waals surface area contributed by atoms with E-state index in [4.69, 9.17) is 0 Å². The summed E-state index contributed by atoms with van der Waals surface area (Å²) in [6.07, 6.45) is 4.58. The highest BCUT2D eigenvalue weighted by Crippen LogP contribution is 2.37. The van der Waals surface area contributed by atoms with Gasteiger partial charge in [-0.05, 0) is 68.4 Å². The highest BCUT2D eigenvalue weighted by Gasteiger charge is 2.35. The van der Waals surface area contributed by atoms with Crippen LogP contribution in [0.5, 0.6) is 0 Å². The monoisotopic (exact) mass is 478 g/mol. The first-order valence-corrected chi connectivity index (χ1v) is 12.8. The lowest BCUT2D eigenvalue weighted by Gasteiger charge is -2.46. The number of carbonyl (C=O) groups is 2. The van der Waals surface area contributed by atoms with Crippen molar-refractivity contribution in [3.05, 3.63) is 68.8 Å². The largest absolute Gasteiger partial charge is 0.349 e. The average Bonchev–Trinajstić information content (AvgIpc) is 3.19. The molecule has 5 rings (SSSR count). The molecule has 2 aromatic carbocycles. The molecule has 7 nitrogen and oxygen atoms in total. The molecule has 0 bridgehead atoms. The molecule has 1 aliphatic carbocycles. The normalized spacial score (nSPS) is 21.2. The fourth-order valence-electron chi connectivity index (χ4n) is 5.23. The van der Waals surface area contributed by atoms with E-state index in [0.29, 0.717) is 17.5 Å². The molecule has 1 aliphatic heterocycles. The van der Waals surface area contributed by atoms with Crippen LogP contribution in [0, 0.1) is 6.92 Å². The first-order valence-electron chi connectivity index (χ1n) is 12.0. The first kappa shape index (κ1) is 22.8. The van der Waals surface area contributed by atoms with E-state index >= 15 is 0 Å². The number of benzene rings is 2. The number of carbonyl (C=O) groups excluding carboxylic acids is 2. The maximum atomic E-state index is 12.3. The minimum absolute atomic E-state index is 0.00365. The summed E-state index contributed by atoms with van der Waals surface area (Å²) in [7, 11) is 0. The van der Waals surface area contributed by atoms with Gasteiger partial charge in [0.2, 0.25) is 5.91 Å². The Bertz CT molecular complexity index is 1250. The van der Waals surface area contributed by atoms with Gasteiger partial charge in [-0.1, -0.05) is 35.1 Å². The van der Waals surface area contributed by atoms with E-state index in [0.717, 1.165) is 54.6 Å². The maximum absolute atomic E-state index is 12.3. The van der Waals surface area contributed by atoms with E-state index in [-0.39, 0.29) is 29.3 Å². The number of hydrogen-bond donors (Lipinski definition) is 3. The molecule has 3 aromatic rings. The predicted molar refractivity (Wildman–Crippen MR) is 134 cm³/mol. The van der Waals surface area contributed by atoms with Gasteiger partial charge in [0.15, 0.2) is 0 Å². The van der Waals surface area contributed by atoms with Crippen molar-refractivity contribution in [1.82, 2.24) is 20.5 Å². The van der Waals surface area contributed by atoms with E-state index in [2.05, 4.69) is 38.7 Å². The summed E-state index contributed by atoms with van der Waals surface area (Å²) in [4.78, 5) is 41.4. The molecule has 3 N–H and O–H groups in total. The number of aromatic nitrogens is 1. The van der Waals surface area contributed by atoms with Crippen molar-refractivity contribution < 1.29 is 9.59 Å². The van der Waals surface area contributed by atoms with E-state index in [1.54, 1.807) is 6.07 Å². The van der Waals surface area contributed by atoms with Crippen LogP contribution in [-0.4, -0.2) is 53.4 Å². The van der Waals surface area contributed by atoms with Gasteiger partial charge in [0, 0.05) is 24.7 Å². The second-order valence-corrected chi connectivity index (χ2v) is 10.6. The lowest BCUT2D eigenvalue weighted by atomic mass is 9.80. The van der Waals surface area contributed by atoms with Crippen molar-refractivity contribution in [3.63, 3.8) is 0 Å². The zero-order valence-electron chi connectivity index (χ0n) is 19.3. The molecule has 0 radical (unpaired) electrons. The molecule has 2 heterocycles. The molecule has 0 atom stereocenters. The quantitative estimate of drug-likeness (QED) is 0.507. The second-order valence-electron chi connectivity index (χ2n) is 9.55. The van der Waals surface area contributed by atoms with E-state index < -0.39 is 0 Å². The molecular weight excluding hydrogens is 448 g/mol. The van der Waals surface area contributed by atoms with Gasteiger partial charge in [0.1, 0.15) is 0 Å². The topological polar surface area (TPSA) is 94.3 Å². The van der Waals surface area contributed by atoms with Crippen molar-refractivity contribution in [2.75, 3.05) is 19.6 Å². The minimum atomic E-state index is -0.227. The van der Waals surface area contributed by atoms with Gasteiger partial charge in [-0.25, -0.2) is 0 Å². The highest BCUT2D eigenvalue weighted by atomic mass is 32.1. The Morgan fingerprint density at radius 2 is 1.88 bits per heavy atom. The number of rotatable bonds is 6. The summed E-state index contributed by atoms with van der Waals surface area (Å²) in [5, 5.41) is 5.74. The Labute approximate surface area is 202 Å². The number of fused-ring (bicyclic) bond motifs is 1. The smallest absolute Gasteiger partial charge is 0.305 e. The van der Waals surface area contributed by atoms with Crippen molar-refractivity contribution in [2.45, 2.75) is 50.6 Å². The van der Waals surface area contributed by atoms with Crippen LogP contribution in [0.3, 0.4) is 0 Å². The zero-order chi connectivity index (χ0) is 23.7. The number of H-pyrrole nitrogens is 1. The third-order valence-corrected chi connectivity index (χ3v) is 7.96. The van der Waals surface area contributed by atoms with Crippen molar-refractivity contribution >= 4 is 33.4 Å². The molecule has 1 aromatic heterocycles. The number of aromatic amines is 1. The Morgan fingerprint density at radius 3 is 2.65 bits per heavy atom. The van der Waals surface area contributed by atoms with E-state index in [1.165, 1.54) is 16.9 Å². The Kier molecular flexibility index (Phi) is 6.52. The number of thiazole rings is 1. The molecular formula is C26H30N4O3S. The summed E-state index contributed by atoms with van der Waals surface area (Å²) in [5.74, 6) is 0.171. The van der Waals surface area contributed by atoms with Crippen molar-refractivity contribution in [3.8, 4) is 0 Å². The van der Waals surface area contributed by atoms with Gasteiger partial charge in [0.25, 0.3) is 5.91 Å². The molecule has 1 saturated heterocycles. The SMILES string of the molecule is Cc1cccc(C(=O)NCC(=O)NC2CN([C@H]3CC[C@@H](c4ccc5sc(=O)[nH]c5c4)CC3)C2)c1. The third kappa shape index (κ3) is 5.08. The summed E-state index contributed by atoms with van der Waals surface area (Å²) in [5.41, 5.74) is 3.86. The third-order valence-electron chi connectivity index (χ3n) is 7.09. The Morgan fingerprint density at radius 1 is 1.09 bits per heavy atom. The summed E-state index contributed by atoms with van der Waals surface area (Å²) < 4.78 is 1.02. The van der Waals surface area contributed by atoms with Gasteiger partial charge < -0.3 is 15.6 Å². The highest BCUT2D eigenvalue weighted by molar-refractivity contribution is 7.16. The first-order chi connectivity index (χ1) is 16.4. The molecule has 2 fully saturated rings. The van der Waals surface area contributed by atoms with Crippen LogP contribution in [-0.2, 0) is 4.79 Å². The van der Waals surface area contributed by atoms with Gasteiger partial charge >= 0.3 is 4.87 Å². The Hall–Kier alpha value is -2.97. The number of likely N-dealkylation sites (tertiary alicyclic amines) is 1. The second kappa shape index (κ2) is 9.72. The predicted octanol–water partition coefficient (Wildman–Crippen LogP) is 3.15. The molecule has 2 amide bonds. The fraction of sp³-hybridized carbons (Fsp3) is 0.423. The van der Waals surface area contributed by atoms with Crippen LogP contribution in [0.1, 0.15) is 53.1 Å². The standard InChI is InChI=1S/C26H30N4O3S/c1-16-3-2-4-19(11-16)25(32)27-13-24(31)28-20-14-30(15-20)21-8-5-17(6-9-21)18-7-10-23-22(12-18)29-26(33)34-23/h2-4,7,10-12,17,20-21H,5-6,8-9,13-15H2,1H3,(H,27,32)(H,28,31)(H,29,33)/t17-,21+. The van der Waals surface area contributed by atoms with Crippen LogP contribution in [0.4, 0.5) is 0 Å². The van der Waals surface area contributed by atoms with Crippen LogP contribution in [0.25, 0.3) is 10.2 Å². The van der Waals surface area contributed by atoms with Gasteiger partial charge in [0.05, 0.1) is 22.8 Å².